The summed E-state index contributed by atoms with van der Waals surface area (Å²) in [6, 6.07) is 25.2. The molecule has 10 nitrogen and oxygen atoms in total. The van der Waals surface area contributed by atoms with Crippen molar-refractivity contribution in [3.05, 3.63) is 142 Å². The van der Waals surface area contributed by atoms with Crippen LogP contribution in [0.15, 0.2) is 119 Å². The number of amides is 1. The molecular formula is C34H30FN5O5S. The molecule has 0 bridgehead atoms. The van der Waals surface area contributed by atoms with Gasteiger partial charge in [-0.3, -0.25) is 14.9 Å². The third-order valence-corrected chi connectivity index (χ3v) is 10.1. The van der Waals surface area contributed by atoms with Crippen LogP contribution in [0.1, 0.15) is 42.0 Å². The molecule has 2 aliphatic rings. The molecule has 3 atom stereocenters. The first-order valence-corrected chi connectivity index (χ1v) is 16.0. The number of nitro groups is 1. The van der Waals surface area contributed by atoms with Crippen molar-refractivity contribution in [3.63, 3.8) is 0 Å². The number of sulfonamides is 1. The molecule has 0 fully saturated rings. The molecule has 1 aliphatic carbocycles. The summed E-state index contributed by atoms with van der Waals surface area (Å²) >= 11 is 0. The van der Waals surface area contributed by atoms with Gasteiger partial charge in [-0.2, -0.15) is 5.10 Å². The number of benzene rings is 4. The summed E-state index contributed by atoms with van der Waals surface area (Å²) in [4.78, 5) is 24.1. The maximum Gasteiger partial charge on any atom is 0.293 e. The van der Waals surface area contributed by atoms with Gasteiger partial charge >= 0.3 is 0 Å². The molecular weight excluding hydrogens is 609 g/mol. The summed E-state index contributed by atoms with van der Waals surface area (Å²) in [6.45, 7) is 0.981. The lowest BCUT2D eigenvalue weighted by Crippen LogP contribution is -2.40. The number of para-hydroxylation sites is 2. The first-order chi connectivity index (χ1) is 22.1. The molecule has 12 heteroatoms. The van der Waals surface area contributed by atoms with Gasteiger partial charge in [0.05, 0.1) is 21.6 Å². The Morgan fingerprint density at radius 3 is 2.50 bits per heavy atom. The van der Waals surface area contributed by atoms with Crippen LogP contribution in [0.25, 0.3) is 0 Å². The maximum atomic E-state index is 13.6. The topological polar surface area (TPSA) is 134 Å². The third kappa shape index (κ3) is 5.98. The molecule has 1 amide bonds. The van der Waals surface area contributed by atoms with E-state index in [0.29, 0.717) is 5.71 Å². The van der Waals surface area contributed by atoms with Crippen LogP contribution in [0.2, 0.25) is 0 Å². The Balaban J connectivity index is 1.24. The highest BCUT2D eigenvalue weighted by atomic mass is 32.2. The predicted octanol–water partition coefficient (Wildman–Crippen LogP) is 6.30. The number of allylic oxidation sites excluding steroid dienone is 2. The fourth-order valence-corrected chi connectivity index (χ4v) is 7.50. The molecule has 0 aromatic heterocycles. The number of carbonyl (C=O) groups is 1. The van der Waals surface area contributed by atoms with Crippen molar-refractivity contribution in [3.8, 4) is 0 Å². The number of hydrogen-bond donors (Lipinski definition) is 2. The summed E-state index contributed by atoms with van der Waals surface area (Å²) in [7, 11) is -4.35. The number of halogens is 1. The number of anilines is 2. The van der Waals surface area contributed by atoms with Gasteiger partial charge < -0.3 is 5.32 Å². The van der Waals surface area contributed by atoms with Crippen LogP contribution < -0.4 is 15.0 Å². The smallest absolute Gasteiger partial charge is 0.293 e. The van der Waals surface area contributed by atoms with E-state index in [1.165, 1.54) is 60.7 Å². The number of nitrogens with zero attached hydrogens (tertiary/aromatic N) is 3. The van der Waals surface area contributed by atoms with Crippen LogP contribution >= 0.6 is 0 Å². The van der Waals surface area contributed by atoms with Gasteiger partial charge in [0.25, 0.3) is 21.6 Å². The average Bonchev–Trinajstić information content (AvgIpc) is 3.57. The van der Waals surface area contributed by atoms with E-state index in [1.54, 1.807) is 13.0 Å². The Morgan fingerprint density at radius 2 is 1.76 bits per heavy atom. The lowest BCUT2D eigenvalue weighted by Gasteiger charge is -2.37. The zero-order valence-corrected chi connectivity index (χ0v) is 25.5. The second-order valence-electron chi connectivity index (χ2n) is 11.1. The van der Waals surface area contributed by atoms with Crippen molar-refractivity contribution in [1.29, 1.82) is 0 Å². The first-order valence-electron chi connectivity index (χ1n) is 14.6. The molecule has 0 saturated heterocycles. The van der Waals surface area contributed by atoms with Gasteiger partial charge in [0, 0.05) is 17.7 Å². The van der Waals surface area contributed by atoms with E-state index in [2.05, 4.69) is 28.0 Å². The molecule has 0 spiro atoms. The monoisotopic (exact) mass is 639 g/mol. The molecule has 234 valence electrons. The highest BCUT2D eigenvalue weighted by molar-refractivity contribution is 7.92. The van der Waals surface area contributed by atoms with Gasteiger partial charge in [0.1, 0.15) is 18.0 Å². The van der Waals surface area contributed by atoms with Crippen LogP contribution in [-0.4, -0.2) is 31.5 Å². The summed E-state index contributed by atoms with van der Waals surface area (Å²) in [5, 5.41) is 19.6. The Labute approximate surface area is 265 Å². The Kier molecular flexibility index (Phi) is 8.37. The van der Waals surface area contributed by atoms with Crippen molar-refractivity contribution < 1.29 is 22.5 Å². The Hall–Kier alpha value is -5.36. The van der Waals surface area contributed by atoms with Crippen LogP contribution in [-0.2, 0) is 14.8 Å². The molecule has 46 heavy (non-hydrogen) atoms. The normalized spacial score (nSPS) is 18.7. The van der Waals surface area contributed by atoms with Crippen molar-refractivity contribution in [2.24, 2.45) is 11.0 Å². The van der Waals surface area contributed by atoms with Gasteiger partial charge in [0.15, 0.2) is 0 Å². The van der Waals surface area contributed by atoms with Gasteiger partial charge in [-0.05, 0) is 78.4 Å². The molecule has 0 saturated carbocycles. The lowest BCUT2D eigenvalue weighted by atomic mass is 9.76. The van der Waals surface area contributed by atoms with Crippen LogP contribution in [0.5, 0.6) is 0 Å². The number of fused-ring (bicyclic) bond motifs is 3. The molecule has 4 aromatic carbocycles. The fraction of sp³-hybridized carbons (Fsp3) is 0.176. The van der Waals surface area contributed by atoms with Gasteiger partial charge in [-0.15, -0.1) is 0 Å². The van der Waals surface area contributed by atoms with Crippen LogP contribution in [0, 0.1) is 21.8 Å². The number of nitro benzene ring substituents is 1. The summed E-state index contributed by atoms with van der Waals surface area (Å²) in [5.41, 5.74) is 6.01. The average molecular weight is 640 g/mol. The fourth-order valence-electron chi connectivity index (χ4n) is 6.04. The summed E-state index contributed by atoms with van der Waals surface area (Å²) in [5.74, 6) is -0.686. The standard InChI is InChI=1S/C34H30FN5O5S/c1-22(24-16-19-30-29(20-24)27-10-7-11-28(27)34(36-30)23-14-17-25(35)18-15-23)37-38-33(41)21-39(31-12-5-6-13-32(31)40(42)43)46(44,45)26-8-3-2-4-9-26/h2-10,12-20,27-28,34,36H,11,21H2,1H3,(H,38,41). The highest BCUT2D eigenvalue weighted by Gasteiger charge is 2.38. The van der Waals surface area contributed by atoms with Crippen molar-refractivity contribution in [1.82, 2.24) is 5.43 Å². The van der Waals surface area contributed by atoms with E-state index in [4.69, 9.17) is 0 Å². The van der Waals surface area contributed by atoms with E-state index in [-0.39, 0.29) is 34.3 Å². The minimum atomic E-state index is -4.35. The zero-order valence-electron chi connectivity index (χ0n) is 24.7. The number of hydrogen-bond acceptors (Lipinski definition) is 7. The Morgan fingerprint density at radius 1 is 1.04 bits per heavy atom. The molecule has 2 N–H and O–H groups in total. The van der Waals surface area contributed by atoms with Gasteiger partial charge in [0.2, 0.25) is 0 Å². The first kappa shape index (κ1) is 30.7. The molecule has 1 heterocycles. The zero-order chi connectivity index (χ0) is 32.4. The van der Waals surface area contributed by atoms with Crippen molar-refractivity contribution in [2.75, 3.05) is 16.2 Å². The SMILES string of the molecule is CC(=NNC(=O)CN(c1ccccc1[N+](=O)[O-])S(=O)(=O)c1ccccc1)c1ccc2c(c1)C1C=CCC1C(c1ccc(F)cc1)N2. The number of nitrogens with one attached hydrogen (secondary N) is 2. The molecule has 0 radical (unpaired) electrons. The lowest BCUT2D eigenvalue weighted by molar-refractivity contribution is -0.384. The van der Waals surface area contributed by atoms with Crippen molar-refractivity contribution >= 4 is 38.7 Å². The summed E-state index contributed by atoms with van der Waals surface area (Å²) in [6.07, 6.45) is 5.21. The van der Waals surface area contributed by atoms with Crippen LogP contribution in [0.4, 0.5) is 21.5 Å². The maximum absolute atomic E-state index is 13.6. The van der Waals surface area contributed by atoms with Crippen LogP contribution in [0.3, 0.4) is 0 Å². The van der Waals surface area contributed by atoms with E-state index in [1.807, 2.05) is 30.3 Å². The predicted molar refractivity (Wildman–Crippen MR) is 174 cm³/mol. The number of carbonyl (C=O) groups excluding carboxylic acids is 1. The molecule has 6 rings (SSSR count). The van der Waals surface area contributed by atoms with E-state index in [9.17, 15) is 27.7 Å². The largest absolute Gasteiger partial charge is 0.378 e. The quantitative estimate of drug-likeness (QED) is 0.0956. The molecule has 4 aromatic rings. The Bertz CT molecular complexity index is 1970. The van der Waals surface area contributed by atoms with Gasteiger partial charge in [-0.1, -0.05) is 60.7 Å². The van der Waals surface area contributed by atoms with E-state index in [0.717, 1.165) is 33.1 Å². The number of hydrazone groups is 1. The second-order valence-corrected chi connectivity index (χ2v) is 13.0. The van der Waals surface area contributed by atoms with E-state index < -0.39 is 33.1 Å². The highest BCUT2D eigenvalue weighted by Crippen LogP contribution is 2.50. The molecule has 1 aliphatic heterocycles. The number of rotatable bonds is 9. The minimum Gasteiger partial charge on any atom is -0.378 e. The van der Waals surface area contributed by atoms with E-state index >= 15 is 0 Å². The van der Waals surface area contributed by atoms with Crippen molar-refractivity contribution in [2.45, 2.75) is 30.2 Å². The molecule has 3 unspecified atom stereocenters. The minimum absolute atomic E-state index is 0.0172. The van der Waals surface area contributed by atoms with Gasteiger partial charge in [-0.25, -0.2) is 22.5 Å². The second kappa shape index (κ2) is 12.6. The summed E-state index contributed by atoms with van der Waals surface area (Å²) < 4.78 is 41.5. The third-order valence-electron chi connectivity index (χ3n) is 8.32.